The fourth-order valence-electron chi connectivity index (χ4n) is 0.605. The number of aromatic nitrogens is 2. The molecule has 0 radical (unpaired) electrons. The monoisotopic (exact) mass is 227 g/mol. The summed E-state index contributed by atoms with van der Waals surface area (Å²) in [7, 11) is 0. The minimum Gasteiger partial charge on any atom is -0.489 e. The van der Waals surface area contributed by atoms with E-state index in [0.29, 0.717) is 12.4 Å². The van der Waals surface area contributed by atoms with Crippen molar-refractivity contribution in [2.24, 2.45) is 0 Å². The Morgan fingerprint density at radius 1 is 1.50 bits per heavy atom. The molecule has 4 nitrogen and oxygen atoms in total. The summed E-state index contributed by atoms with van der Waals surface area (Å²) < 4.78 is 5.17. The maximum absolute atomic E-state index is 8.38. The predicted molar refractivity (Wildman–Crippen MR) is 46.0 cm³/mol. The molecule has 5 heteroatoms. The van der Waals surface area contributed by atoms with Gasteiger partial charge in [-0.15, -0.1) is 0 Å². The van der Waals surface area contributed by atoms with Crippen LogP contribution in [0.25, 0.3) is 0 Å². The van der Waals surface area contributed by atoms with Gasteiger partial charge in [0, 0.05) is 5.33 Å². The van der Waals surface area contributed by atoms with E-state index < -0.39 is 0 Å². The molecular weight excluding hydrogens is 222 g/mol. The zero-order valence-electron chi connectivity index (χ0n) is 6.20. The van der Waals surface area contributed by atoms with Crippen molar-refractivity contribution in [2.45, 2.75) is 0 Å². The molecule has 0 bridgehead atoms. The van der Waals surface area contributed by atoms with E-state index in [9.17, 15) is 0 Å². The minimum absolute atomic E-state index is 0.154. The van der Waals surface area contributed by atoms with Crippen molar-refractivity contribution in [3.05, 3.63) is 18.2 Å². The quantitative estimate of drug-likeness (QED) is 0.727. The van der Waals surface area contributed by atoms with Crippen LogP contribution >= 0.6 is 15.9 Å². The smallest absolute Gasteiger partial charge is 0.232 e. The van der Waals surface area contributed by atoms with Crippen LogP contribution in [0.2, 0.25) is 0 Å². The molecule has 0 atom stereocenters. The van der Waals surface area contributed by atoms with Crippen LogP contribution in [-0.4, -0.2) is 21.9 Å². The molecule has 62 valence electrons. The van der Waals surface area contributed by atoms with Crippen LogP contribution in [-0.2, 0) is 0 Å². The van der Waals surface area contributed by atoms with Gasteiger partial charge in [0.1, 0.15) is 6.07 Å². The lowest BCUT2D eigenvalue weighted by Gasteiger charge is -2.00. The van der Waals surface area contributed by atoms with Crippen molar-refractivity contribution in [1.29, 1.82) is 5.26 Å². The Morgan fingerprint density at radius 3 is 2.67 bits per heavy atom. The first-order valence-corrected chi connectivity index (χ1v) is 4.40. The topological polar surface area (TPSA) is 58.8 Å². The van der Waals surface area contributed by atoms with Crippen LogP contribution in [0.15, 0.2) is 12.4 Å². The summed E-state index contributed by atoms with van der Waals surface area (Å²) in [6.45, 7) is 0.565. The highest BCUT2D eigenvalue weighted by Crippen LogP contribution is 2.05. The molecule has 0 spiro atoms. The molecule has 0 aromatic carbocycles. The molecule has 0 fully saturated rings. The number of nitriles is 1. The minimum atomic E-state index is 0.154. The lowest BCUT2D eigenvalue weighted by Crippen LogP contribution is -1.99. The van der Waals surface area contributed by atoms with Crippen molar-refractivity contribution < 1.29 is 4.74 Å². The normalized spacial score (nSPS) is 9.00. The number of hydrogen-bond acceptors (Lipinski definition) is 4. The zero-order valence-corrected chi connectivity index (χ0v) is 7.78. The van der Waals surface area contributed by atoms with Gasteiger partial charge in [-0.05, 0) is 0 Å². The number of alkyl halides is 1. The molecular formula is C7H6BrN3O. The number of ether oxygens (including phenoxy) is 1. The van der Waals surface area contributed by atoms with Gasteiger partial charge in [-0.25, -0.2) is 9.97 Å². The van der Waals surface area contributed by atoms with Gasteiger partial charge in [-0.3, -0.25) is 0 Å². The fourth-order valence-corrected chi connectivity index (χ4v) is 0.767. The maximum atomic E-state index is 8.38. The molecule has 0 aliphatic carbocycles. The van der Waals surface area contributed by atoms with Crippen molar-refractivity contribution in [3.63, 3.8) is 0 Å². The Bertz CT molecular complexity index is 280. The lowest BCUT2D eigenvalue weighted by atomic mass is 10.5. The van der Waals surface area contributed by atoms with E-state index in [0.717, 1.165) is 5.33 Å². The highest BCUT2D eigenvalue weighted by molar-refractivity contribution is 9.09. The van der Waals surface area contributed by atoms with Crippen LogP contribution in [0.5, 0.6) is 5.75 Å². The van der Waals surface area contributed by atoms with E-state index in [-0.39, 0.29) is 5.82 Å². The van der Waals surface area contributed by atoms with E-state index in [1.807, 2.05) is 6.07 Å². The summed E-state index contributed by atoms with van der Waals surface area (Å²) in [6, 6.07) is 1.82. The van der Waals surface area contributed by atoms with E-state index in [4.69, 9.17) is 10.00 Å². The third kappa shape index (κ3) is 2.47. The van der Waals surface area contributed by atoms with Gasteiger partial charge in [0.05, 0.1) is 19.0 Å². The van der Waals surface area contributed by atoms with Gasteiger partial charge in [-0.1, -0.05) is 15.9 Å². The number of hydrogen-bond donors (Lipinski definition) is 0. The standard InChI is InChI=1S/C7H6BrN3O/c8-1-2-12-6-4-10-7(3-9)11-5-6/h4-5H,1-2H2. The SMILES string of the molecule is N#Cc1ncc(OCCBr)cn1. The van der Waals surface area contributed by atoms with Gasteiger partial charge in [0.25, 0.3) is 0 Å². The molecule has 1 aromatic rings. The molecule has 1 aromatic heterocycles. The number of nitrogens with zero attached hydrogens (tertiary/aromatic N) is 3. The first kappa shape index (κ1) is 8.94. The molecule has 0 amide bonds. The van der Waals surface area contributed by atoms with Gasteiger partial charge in [0.15, 0.2) is 5.75 Å². The largest absolute Gasteiger partial charge is 0.489 e. The Balaban J connectivity index is 2.60. The zero-order chi connectivity index (χ0) is 8.81. The summed E-state index contributed by atoms with van der Waals surface area (Å²) >= 11 is 3.22. The first-order valence-electron chi connectivity index (χ1n) is 3.27. The van der Waals surface area contributed by atoms with Crippen molar-refractivity contribution >= 4 is 15.9 Å². The molecule has 0 aliphatic heterocycles. The third-order valence-corrected chi connectivity index (χ3v) is 1.40. The lowest BCUT2D eigenvalue weighted by molar-refractivity contribution is 0.342. The molecule has 0 aliphatic rings. The van der Waals surface area contributed by atoms with E-state index >= 15 is 0 Å². The molecule has 0 N–H and O–H groups in total. The average molecular weight is 228 g/mol. The van der Waals surface area contributed by atoms with Crippen LogP contribution in [0.4, 0.5) is 0 Å². The average Bonchev–Trinajstić information content (AvgIpc) is 2.15. The molecule has 1 rings (SSSR count). The Hall–Kier alpha value is -1.15. The molecule has 0 unspecified atom stereocenters. The Labute approximate surface area is 78.3 Å². The van der Waals surface area contributed by atoms with Crippen LogP contribution < -0.4 is 4.74 Å². The fraction of sp³-hybridized carbons (Fsp3) is 0.286. The van der Waals surface area contributed by atoms with E-state index in [1.165, 1.54) is 12.4 Å². The van der Waals surface area contributed by atoms with Crippen LogP contribution in [0.3, 0.4) is 0 Å². The predicted octanol–water partition coefficient (Wildman–Crippen LogP) is 1.12. The van der Waals surface area contributed by atoms with Gasteiger partial charge < -0.3 is 4.74 Å². The van der Waals surface area contributed by atoms with Crippen molar-refractivity contribution in [2.75, 3.05) is 11.9 Å². The van der Waals surface area contributed by atoms with Crippen molar-refractivity contribution in [1.82, 2.24) is 9.97 Å². The Morgan fingerprint density at radius 2 is 2.17 bits per heavy atom. The Kier molecular flexibility index (Phi) is 3.48. The molecule has 0 saturated carbocycles. The summed E-state index contributed by atoms with van der Waals surface area (Å²) in [4.78, 5) is 7.48. The highest BCUT2D eigenvalue weighted by Gasteiger charge is 1.95. The molecule has 0 saturated heterocycles. The van der Waals surface area contributed by atoms with Crippen molar-refractivity contribution in [3.8, 4) is 11.8 Å². The summed E-state index contributed by atoms with van der Waals surface area (Å²) in [5.41, 5.74) is 0. The second-order valence-electron chi connectivity index (χ2n) is 1.89. The second kappa shape index (κ2) is 4.67. The van der Waals surface area contributed by atoms with Crippen LogP contribution in [0, 0.1) is 11.3 Å². The van der Waals surface area contributed by atoms with E-state index in [1.54, 1.807) is 0 Å². The molecule has 12 heavy (non-hydrogen) atoms. The van der Waals surface area contributed by atoms with Crippen LogP contribution in [0.1, 0.15) is 5.82 Å². The van der Waals surface area contributed by atoms with E-state index in [2.05, 4.69) is 25.9 Å². The summed E-state index contributed by atoms with van der Waals surface area (Å²) in [5, 5.41) is 9.14. The third-order valence-electron chi connectivity index (χ3n) is 1.07. The second-order valence-corrected chi connectivity index (χ2v) is 2.68. The molecule has 1 heterocycles. The van der Waals surface area contributed by atoms with Gasteiger partial charge in [0.2, 0.25) is 5.82 Å². The maximum Gasteiger partial charge on any atom is 0.232 e. The van der Waals surface area contributed by atoms with Gasteiger partial charge >= 0.3 is 0 Å². The highest BCUT2D eigenvalue weighted by atomic mass is 79.9. The summed E-state index contributed by atoms with van der Waals surface area (Å²) in [6.07, 6.45) is 2.96. The number of rotatable bonds is 3. The number of halogens is 1. The first-order chi connectivity index (χ1) is 5.86. The van der Waals surface area contributed by atoms with Gasteiger partial charge in [-0.2, -0.15) is 5.26 Å². The summed E-state index contributed by atoms with van der Waals surface area (Å²) in [5.74, 6) is 0.731.